The van der Waals surface area contributed by atoms with Gasteiger partial charge >= 0.3 is 0 Å². The highest BCUT2D eigenvalue weighted by Gasteiger charge is 2.18. The molecular formula is C9H20N2O. The van der Waals surface area contributed by atoms with Crippen LogP contribution < -0.4 is 11.1 Å². The monoisotopic (exact) mass is 172 g/mol. The van der Waals surface area contributed by atoms with Gasteiger partial charge in [0.15, 0.2) is 0 Å². The molecule has 0 fully saturated rings. The van der Waals surface area contributed by atoms with Crippen molar-refractivity contribution in [3.05, 3.63) is 0 Å². The maximum absolute atomic E-state index is 11.0. The highest BCUT2D eigenvalue weighted by molar-refractivity contribution is 5.75. The lowest BCUT2D eigenvalue weighted by molar-refractivity contribution is -0.121. The topological polar surface area (TPSA) is 55.1 Å². The molecule has 2 atom stereocenters. The molecule has 0 radical (unpaired) electrons. The SMILES string of the molecule is CNC(=O)C[C@@H](C)[C@H](N)C(C)C. The first-order valence-corrected chi connectivity index (χ1v) is 4.45. The fraction of sp³-hybridized carbons (Fsp3) is 0.889. The van der Waals surface area contributed by atoms with Crippen molar-refractivity contribution >= 4 is 5.91 Å². The molecule has 3 N–H and O–H groups in total. The van der Waals surface area contributed by atoms with Crippen LogP contribution in [-0.4, -0.2) is 19.0 Å². The van der Waals surface area contributed by atoms with Crippen LogP contribution in [0.1, 0.15) is 27.2 Å². The average molecular weight is 172 g/mol. The summed E-state index contributed by atoms with van der Waals surface area (Å²) in [6, 6.07) is 0.113. The van der Waals surface area contributed by atoms with E-state index in [9.17, 15) is 4.79 Å². The van der Waals surface area contributed by atoms with Crippen molar-refractivity contribution in [3.63, 3.8) is 0 Å². The quantitative estimate of drug-likeness (QED) is 0.657. The van der Waals surface area contributed by atoms with Crippen LogP contribution in [0.5, 0.6) is 0 Å². The van der Waals surface area contributed by atoms with Crippen molar-refractivity contribution in [1.82, 2.24) is 5.32 Å². The number of nitrogens with two attached hydrogens (primary N) is 1. The third-order valence-corrected chi connectivity index (χ3v) is 2.21. The standard InChI is InChI=1S/C9H20N2O/c1-6(2)9(10)7(3)5-8(12)11-4/h6-7,9H,5,10H2,1-4H3,(H,11,12)/t7-,9-/m1/s1. The molecule has 3 heteroatoms. The van der Waals surface area contributed by atoms with Gasteiger partial charge in [0.1, 0.15) is 0 Å². The van der Waals surface area contributed by atoms with E-state index in [2.05, 4.69) is 19.2 Å². The summed E-state index contributed by atoms with van der Waals surface area (Å²) in [6.45, 7) is 6.16. The van der Waals surface area contributed by atoms with Crippen molar-refractivity contribution in [2.45, 2.75) is 33.2 Å². The van der Waals surface area contributed by atoms with Gasteiger partial charge in [0, 0.05) is 19.5 Å². The molecule has 0 aliphatic rings. The van der Waals surface area contributed by atoms with Crippen molar-refractivity contribution in [3.8, 4) is 0 Å². The first-order chi connectivity index (χ1) is 5.49. The zero-order valence-corrected chi connectivity index (χ0v) is 8.42. The summed E-state index contributed by atoms with van der Waals surface area (Å²) < 4.78 is 0. The zero-order valence-electron chi connectivity index (χ0n) is 8.42. The molecular weight excluding hydrogens is 152 g/mol. The highest BCUT2D eigenvalue weighted by Crippen LogP contribution is 2.13. The molecule has 0 heterocycles. The summed E-state index contributed by atoms with van der Waals surface area (Å²) in [5.41, 5.74) is 5.88. The Morgan fingerprint density at radius 3 is 2.25 bits per heavy atom. The molecule has 0 unspecified atom stereocenters. The number of amides is 1. The number of carbonyl (C=O) groups is 1. The fourth-order valence-electron chi connectivity index (χ4n) is 1.19. The molecule has 0 aliphatic carbocycles. The Labute approximate surface area is 74.7 Å². The molecule has 0 saturated carbocycles. The molecule has 0 bridgehead atoms. The number of hydrogen-bond donors (Lipinski definition) is 2. The van der Waals surface area contributed by atoms with Crippen LogP contribution >= 0.6 is 0 Å². The van der Waals surface area contributed by atoms with E-state index in [1.165, 1.54) is 0 Å². The van der Waals surface area contributed by atoms with Crippen LogP contribution in [0.25, 0.3) is 0 Å². The second-order valence-electron chi connectivity index (χ2n) is 3.68. The molecule has 0 aromatic heterocycles. The first kappa shape index (κ1) is 11.4. The van der Waals surface area contributed by atoms with E-state index in [4.69, 9.17) is 5.73 Å². The van der Waals surface area contributed by atoms with Crippen molar-refractivity contribution in [2.24, 2.45) is 17.6 Å². The Balaban J connectivity index is 3.86. The summed E-state index contributed by atoms with van der Waals surface area (Å²) in [5.74, 6) is 0.758. The summed E-state index contributed by atoms with van der Waals surface area (Å²) in [7, 11) is 1.65. The van der Waals surface area contributed by atoms with Crippen molar-refractivity contribution in [1.29, 1.82) is 0 Å². The van der Waals surface area contributed by atoms with Gasteiger partial charge in [0.05, 0.1) is 0 Å². The van der Waals surface area contributed by atoms with Crippen LogP contribution in [-0.2, 0) is 4.79 Å². The molecule has 0 spiro atoms. The third kappa shape index (κ3) is 3.72. The van der Waals surface area contributed by atoms with Gasteiger partial charge in [-0.2, -0.15) is 0 Å². The average Bonchev–Trinajstić information content (AvgIpc) is 2.02. The minimum absolute atomic E-state index is 0.0681. The number of carbonyl (C=O) groups excluding carboxylic acids is 1. The Morgan fingerprint density at radius 2 is 1.92 bits per heavy atom. The lowest BCUT2D eigenvalue weighted by atomic mass is 9.90. The normalized spacial score (nSPS) is 15.8. The van der Waals surface area contributed by atoms with E-state index >= 15 is 0 Å². The second-order valence-corrected chi connectivity index (χ2v) is 3.68. The van der Waals surface area contributed by atoms with Crippen molar-refractivity contribution in [2.75, 3.05) is 7.05 Å². The van der Waals surface area contributed by atoms with Crippen LogP contribution in [0.3, 0.4) is 0 Å². The van der Waals surface area contributed by atoms with E-state index in [0.29, 0.717) is 12.3 Å². The molecule has 12 heavy (non-hydrogen) atoms. The molecule has 1 amide bonds. The predicted molar refractivity (Wildman–Crippen MR) is 50.7 cm³/mol. The summed E-state index contributed by atoms with van der Waals surface area (Å²) >= 11 is 0. The highest BCUT2D eigenvalue weighted by atomic mass is 16.1. The molecule has 0 saturated heterocycles. The third-order valence-electron chi connectivity index (χ3n) is 2.21. The lowest BCUT2D eigenvalue weighted by Crippen LogP contribution is -2.36. The van der Waals surface area contributed by atoms with Crippen LogP contribution in [0, 0.1) is 11.8 Å². The van der Waals surface area contributed by atoms with Gasteiger partial charge in [-0.3, -0.25) is 4.79 Å². The lowest BCUT2D eigenvalue weighted by Gasteiger charge is -2.22. The van der Waals surface area contributed by atoms with Gasteiger partial charge in [-0.05, 0) is 11.8 Å². The largest absolute Gasteiger partial charge is 0.359 e. The predicted octanol–water partition coefficient (Wildman–Crippen LogP) is 0.742. The van der Waals surface area contributed by atoms with Gasteiger partial charge in [-0.1, -0.05) is 20.8 Å². The molecule has 0 aliphatic heterocycles. The molecule has 3 nitrogen and oxygen atoms in total. The molecule has 0 rings (SSSR count). The van der Waals surface area contributed by atoms with Gasteiger partial charge < -0.3 is 11.1 Å². The number of hydrogen-bond acceptors (Lipinski definition) is 2. The number of rotatable bonds is 4. The Bertz CT molecular complexity index is 145. The van der Waals surface area contributed by atoms with Gasteiger partial charge in [-0.15, -0.1) is 0 Å². The molecule has 0 aromatic carbocycles. The Morgan fingerprint density at radius 1 is 1.42 bits per heavy atom. The van der Waals surface area contributed by atoms with Gasteiger partial charge in [0.25, 0.3) is 0 Å². The Kier molecular flexibility index (Phi) is 4.90. The summed E-state index contributed by atoms with van der Waals surface area (Å²) in [4.78, 5) is 11.0. The smallest absolute Gasteiger partial charge is 0.220 e. The van der Waals surface area contributed by atoms with E-state index in [-0.39, 0.29) is 17.9 Å². The summed E-state index contributed by atoms with van der Waals surface area (Å²) in [5, 5.41) is 2.60. The minimum atomic E-state index is 0.0681. The van der Waals surface area contributed by atoms with E-state index in [1.54, 1.807) is 7.05 Å². The summed E-state index contributed by atoms with van der Waals surface area (Å²) in [6.07, 6.45) is 0.524. The Hall–Kier alpha value is -0.570. The molecule has 0 aromatic rings. The van der Waals surface area contributed by atoms with E-state index < -0.39 is 0 Å². The molecule has 72 valence electrons. The fourth-order valence-corrected chi connectivity index (χ4v) is 1.19. The number of nitrogens with one attached hydrogen (secondary N) is 1. The van der Waals surface area contributed by atoms with Crippen LogP contribution in [0.15, 0.2) is 0 Å². The second kappa shape index (κ2) is 5.14. The van der Waals surface area contributed by atoms with Gasteiger partial charge in [-0.25, -0.2) is 0 Å². The van der Waals surface area contributed by atoms with E-state index in [0.717, 1.165) is 0 Å². The van der Waals surface area contributed by atoms with Crippen LogP contribution in [0.4, 0.5) is 0 Å². The van der Waals surface area contributed by atoms with E-state index in [1.807, 2.05) is 6.92 Å². The minimum Gasteiger partial charge on any atom is -0.359 e. The van der Waals surface area contributed by atoms with Crippen molar-refractivity contribution < 1.29 is 4.79 Å². The maximum atomic E-state index is 11.0. The van der Waals surface area contributed by atoms with Gasteiger partial charge in [0.2, 0.25) is 5.91 Å². The van der Waals surface area contributed by atoms with Crippen LogP contribution in [0.2, 0.25) is 0 Å². The first-order valence-electron chi connectivity index (χ1n) is 4.45. The maximum Gasteiger partial charge on any atom is 0.220 e. The zero-order chi connectivity index (χ0) is 9.72.